The van der Waals surface area contributed by atoms with Crippen molar-refractivity contribution in [2.45, 2.75) is 88.0 Å². The number of rotatable bonds is 12. The molecule has 2 amide bonds. The number of thiophene rings is 1. The molecule has 2 atom stereocenters. The van der Waals surface area contributed by atoms with Gasteiger partial charge in [-0.1, -0.05) is 31.5 Å². The SMILES string of the molecule is CCCC1C(C(=O)N2CCC(Cc3ccccc3SNCCCC(=O)O)CC2)CCCN1C(=O)c1ncccc1C(F)(F)F.Oc1csc(C(F)(F)F)c1. The van der Waals surface area contributed by atoms with E-state index in [0.717, 1.165) is 35.6 Å². The molecule has 2 aromatic heterocycles. The van der Waals surface area contributed by atoms with E-state index in [4.69, 9.17) is 10.2 Å². The highest BCUT2D eigenvalue weighted by Crippen LogP contribution is 2.37. The van der Waals surface area contributed by atoms with Gasteiger partial charge in [0.1, 0.15) is 16.3 Å². The molecule has 9 nitrogen and oxygen atoms in total. The van der Waals surface area contributed by atoms with Crippen LogP contribution in [0.15, 0.2) is 58.9 Å². The highest BCUT2D eigenvalue weighted by Gasteiger charge is 2.43. The predicted molar refractivity (Wildman–Crippen MR) is 193 cm³/mol. The lowest BCUT2D eigenvalue weighted by molar-refractivity contribution is -0.141. The summed E-state index contributed by atoms with van der Waals surface area (Å²) in [7, 11) is 0. The van der Waals surface area contributed by atoms with Crippen molar-refractivity contribution in [3.8, 4) is 5.75 Å². The topological polar surface area (TPSA) is 123 Å². The van der Waals surface area contributed by atoms with Gasteiger partial charge in [0, 0.05) is 61.2 Å². The van der Waals surface area contributed by atoms with Crippen LogP contribution in [0, 0.1) is 11.8 Å². The quantitative estimate of drug-likeness (QED) is 0.0947. The van der Waals surface area contributed by atoms with Crippen molar-refractivity contribution in [2.75, 3.05) is 26.2 Å². The minimum Gasteiger partial charge on any atom is -0.507 e. The third-order valence-corrected chi connectivity index (χ3v) is 11.3. The lowest BCUT2D eigenvalue weighted by atomic mass is 9.83. The van der Waals surface area contributed by atoms with E-state index in [9.17, 15) is 40.7 Å². The number of aromatic nitrogens is 1. The molecule has 2 saturated heterocycles. The number of carboxylic acid groups (broad SMARTS) is 1. The molecule has 0 spiro atoms. The molecule has 296 valence electrons. The summed E-state index contributed by atoms with van der Waals surface area (Å²) in [4.78, 5) is 45.6. The molecular formula is C37H44F6N4O5S2. The highest BCUT2D eigenvalue weighted by molar-refractivity contribution is 7.97. The van der Waals surface area contributed by atoms with Crippen LogP contribution in [0.1, 0.15) is 84.8 Å². The van der Waals surface area contributed by atoms with Gasteiger partial charge < -0.3 is 20.0 Å². The van der Waals surface area contributed by atoms with Crippen LogP contribution in [0.4, 0.5) is 26.3 Å². The normalized spacial score (nSPS) is 18.2. The van der Waals surface area contributed by atoms with Crippen LogP contribution in [0.25, 0.3) is 0 Å². The predicted octanol–water partition coefficient (Wildman–Crippen LogP) is 8.54. The van der Waals surface area contributed by atoms with E-state index in [1.165, 1.54) is 34.7 Å². The van der Waals surface area contributed by atoms with Gasteiger partial charge in [0.25, 0.3) is 5.91 Å². The number of benzene rings is 1. The Balaban J connectivity index is 0.000000562. The zero-order chi connectivity index (χ0) is 39.5. The number of aliphatic carboxylic acids is 1. The summed E-state index contributed by atoms with van der Waals surface area (Å²) >= 11 is 1.99. The third-order valence-electron chi connectivity index (χ3n) is 9.38. The van der Waals surface area contributed by atoms with Crippen molar-refractivity contribution in [2.24, 2.45) is 11.8 Å². The molecule has 5 rings (SSSR count). The molecule has 2 fully saturated rings. The van der Waals surface area contributed by atoms with Crippen molar-refractivity contribution in [1.29, 1.82) is 0 Å². The van der Waals surface area contributed by atoms with Gasteiger partial charge in [-0.2, -0.15) is 26.3 Å². The maximum Gasteiger partial charge on any atom is 0.425 e. The average molecular weight is 803 g/mol. The van der Waals surface area contributed by atoms with Crippen LogP contribution >= 0.6 is 23.3 Å². The molecule has 0 saturated carbocycles. The van der Waals surface area contributed by atoms with E-state index in [1.807, 2.05) is 24.0 Å². The Bertz CT molecular complexity index is 1700. The Hall–Kier alpha value is -3.83. The number of carbonyl (C=O) groups is 3. The summed E-state index contributed by atoms with van der Waals surface area (Å²) < 4.78 is 79.4. The first kappa shape index (κ1) is 42.9. The van der Waals surface area contributed by atoms with Crippen molar-refractivity contribution in [1.82, 2.24) is 19.5 Å². The van der Waals surface area contributed by atoms with Gasteiger partial charge in [0.15, 0.2) is 0 Å². The van der Waals surface area contributed by atoms with Gasteiger partial charge in [0.05, 0.1) is 11.5 Å². The number of aromatic hydroxyl groups is 1. The molecule has 2 unspecified atom stereocenters. The standard InChI is InChI=1S/C32H41F3N4O4S.C5H3F3OS/c1-2-8-26-24(10-7-18-39(26)31(43)29-25(32(33,34)35)11-5-16-36-29)30(42)38-19-14-22(15-20-38)21-23-9-3-4-12-27(23)44-37-17-6-13-28(40)41;6-5(7,8)4-1-3(9)2-10-4/h3-5,9,11-12,16,22,24,26,37H,2,6-8,10,13-15,17-21H2,1H3,(H,40,41);1-2,9H. The number of amides is 2. The number of carbonyl (C=O) groups excluding carboxylic acids is 2. The fraction of sp³-hybridized carbons (Fsp3) is 0.514. The van der Waals surface area contributed by atoms with Gasteiger partial charge >= 0.3 is 18.3 Å². The molecule has 17 heteroatoms. The zero-order valence-corrected chi connectivity index (χ0v) is 31.3. The van der Waals surface area contributed by atoms with E-state index in [0.29, 0.717) is 81.6 Å². The van der Waals surface area contributed by atoms with E-state index in [2.05, 4.69) is 21.8 Å². The fourth-order valence-corrected chi connectivity index (χ4v) is 8.25. The summed E-state index contributed by atoms with van der Waals surface area (Å²) in [6.07, 6.45) is -2.21. The van der Waals surface area contributed by atoms with Crippen molar-refractivity contribution in [3.63, 3.8) is 0 Å². The second kappa shape index (κ2) is 19.7. The van der Waals surface area contributed by atoms with Gasteiger partial charge in [-0.15, -0.1) is 11.3 Å². The number of nitrogens with zero attached hydrogens (tertiary/aromatic N) is 3. The molecule has 2 aliphatic heterocycles. The molecule has 54 heavy (non-hydrogen) atoms. The Morgan fingerprint density at radius 3 is 2.33 bits per heavy atom. The Morgan fingerprint density at radius 1 is 1.00 bits per heavy atom. The molecule has 0 bridgehead atoms. The summed E-state index contributed by atoms with van der Waals surface area (Å²) in [5.41, 5.74) is -0.446. The number of halogens is 6. The molecule has 0 radical (unpaired) electrons. The summed E-state index contributed by atoms with van der Waals surface area (Å²) in [6, 6.07) is 10.4. The molecule has 2 aliphatic rings. The fourth-order valence-electron chi connectivity index (χ4n) is 6.78. The number of carboxylic acids is 1. The van der Waals surface area contributed by atoms with Crippen LogP contribution in [-0.4, -0.2) is 75.0 Å². The maximum atomic E-state index is 13.8. The Morgan fingerprint density at radius 2 is 1.72 bits per heavy atom. The maximum absolute atomic E-state index is 13.8. The van der Waals surface area contributed by atoms with E-state index in [-0.39, 0.29) is 18.1 Å². The van der Waals surface area contributed by atoms with Crippen molar-refractivity contribution >= 4 is 41.1 Å². The van der Waals surface area contributed by atoms with Crippen LogP contribution in [0.5, 0.6) is 5.75 Å². The molecular weight excluding hydrogens is 759 g/mol. The van der Waals surface area contributed by atoms with Crippen molar-refractivity contribution < 1.29 is 50.9 Å². The van der Waals surface area contributed by atoms with Crippen LogP contribution < -0.4 is 4.72 Å². The zero-order valence-electron chi connectivity index (χ0n) is 29.7. The largest absolute Gasteiger partial charge is 0.507 e. The second-order valence-electron chi connectivity index (χ2n) is 13.2. The third kappa shape index (κ3) is 12.1. The number of pyridine rings is 1. The number of nitrogens with one attached hydrogen (secondary N) is 1. The van der Waals surface area contributed by atoms with Gasteiger partial charge in [-0.3, -0.25) is 24.1 Å². The number of hydrogen-bond donors (Lipinski definition) is 3. The first-order chi connectivity index (χ1) is 25.6. The van der Waals surface area contributed by atoms with Crippen LogP contribution in [-0.2, 0) is 28.4 Å². The summed E-state index contributed by atoms with van der Waals surface area (Å²) in [5.74, 6) is -1.97. The highest BCUT2D eigenvalue weighted by atomic mass is 32.2. The Labute approximate surface area is 318 Å². The second-order valence-corrected chi connectivity index (χ2v) is 15.1. The van der Waals surface area contributed by atoms with E-state index >= 15 is 0 Å². The van der Waals surface area contributed by atoms with Crippen molar-refractivity contribution in [3.05, 3.63) is 75.7 Å². The average Bonchev–Trinajstić information content (AvgIpc) is 3.59. The lowest BCUT2D eigenvalue weighted by Gasteiger charge is -2.43. The first-order valence-electron chi connectivity index (χ1n) is 17.8. The number of likely N-dealkylation sites (tertiary alicyclic amines) is 2. The number of alkyl halides is 6. The number of hydrogen-bond acceptors (Lipinski definition) is 8. The summed E-state index contributed by atoms with van der Waals surface area (Å²) in [5, 5.41) is 18.4. The van der Waals surface area contributed by atoms with Gasteiger partial charge in [-0.25, -0.2) is 0 Å². The summed E-state index contributed by atoms with van der Waals surface area (Å²) in [6.45, 7) is 4.06. The number of piperidine rings is 2. The van der Waals surface area contributed by atoms with Crippen LogP contribution in [0.3, 0.4) is 0 Å². The molecule has 1 aromatic carbocycles. The first-order valence-corrected chi connectivity index (χ1v) is 19.5. The van der Waals surface area contributed by atoms with E-state index in [1.54, 1.807) is 0 Å². The molecule has 4 heterocycles. The Kier molecular flexibility index (Phi) is 15.6. The lowest BCUT2D eigenvalue weighted by Crippen LogP contribution is -2.54. The smallest absolute Gasteiger partial charge is 0.425 e. The molecule has 3 N–H and O–H groups in total. The monoisotopic (exact) mass is 802 g/mol. The minimum atomic E-state index is -4.70. The molecule has 0 aliphatic carbocycles. The van der Waals surface area contributed by atoms with Gasteiger partial charge in [0.2, 0.25) is 5.91 Å². The van der Waals surface area contributed by atoms with Gasteiger partial charge in [-0.05, 0) is 86.6 Å². The minimum absolute atomic E-state index is 0.0158. The van der Waals surface area contributed by atoms with Crippen LogP contribution in [0.2, 0.25) is 0 Å². The molecule has 3 aromatic rings. The van der Waals surface area contributed by atoms with E-state index < -0.39 is 52.3 Å².